The average molecular weight is 352 g/mol. The number of amides is 1. The summed E-state index contributed by atoms with van der Waals surface area (Å²) in [5, 5.41) is 0. The Bertz CT molecular complexity index is 813. The average Bonchev–Trinajstić information content (AvgIpc) is 2.69. The van der Waals surface area contributed by atoms with E-state index in [-0.39, 0.29) is 29.7 Å². The highest BCUT2D eigenvalue weighted by atomic mass is 16.2. The summed E-state index contributed by atoms with van der Waals surface area (Å²) in [6.45, 7) is 1.15. The van der Waals surface area contributed by atoms with E-state index in [4.69, 9.17) is 0 Å². The molecule has 0 spiro atoms. The number of benzene rings is 1. The third-order valence-electron chi connectivity index (χ3n) is 4.94. The number of rotatable bonds is 6. The van der Waals surface area contributed by atoms with Crippen LogP contribution in [0.4, 0.5) is 0 Å². The van der Waals surface area contributed by atoms with Crippen LogP contribution in [0.25, 0.3) is 0 Å². The van der Waals surface area contributed by atoms with Gasteiger partial charge in [0.2, 0.25) is 5.91 Å². The zero-order valence-corrected chi connectivity index (χ0v) is 14.8. The van der Waals surface area contributed by atoms with E-state index in [1.807, 2.05) is 30.3 Å². The smallest absolute Gasteiger partial charge is 0.250 e. The molecule has 0 aliphatic carbocycles. The van der Waals surface area contributed by atoms with Gasteiger partial charge >= 0.3 is 0 Å². The molecule has 1 aliphatic heterocycles. The molecule has 1 aliphatic rings. The lowest BCUT2D eigenvalue weighted by Gasteiger charge is -2.32. The molecule has 2 heterocycles. The molecule has 5 nitrogen and oxygen atoms in total. The molecule has 0 bridgehead atoms. The van der Waals surface area contributed by atoms with Gasteiger partial charge in [0.25, 0.3) is 5.56 Å². The second-order valence-corrected chi connectivity index (χ2v) is 6.80. The Morgan fingerprint density at radius 3 is 2.58 bits per heavy atom. The molecule has 0 saturated carbocycles. The topological polar surface area (TPSA) is 59.4 Å². The van der Waals surface area contributed by atoms with Crippen molar-refractivity contribution < 1.29 is 9.59 Å². The molecule has 1 aromatic carbocycles. The van der Waals surface area contributed by atoms with Gasteiger partial charge in [-0.25, -0.2) is 0 Å². The predicted octanol–water partition coefficient (Wildman–Crippen LogP) is 2.29. The number of Topliss-reactive ketones (excluding diaryl/α,β-unsaturated/α-hetero) is 1. The van der Waals surface area contributed by atoms with Gasteiger partial charge in [0.15, 0.2) is 0 Å². The normalized spacial score (nSPS) is 17.1. The summed E-state index contributed by atoms with van der Waals surface area (Å²) in [7, 11) is 0. The summed E-state index contributed by atoms with van der Waals surface area (Å²) in [4.78, 5) is 38.6. The standard InChI is InChI=1S/C21H24N2O3/c24-19(12-11-17-7-2-1-3-8-17)18-9-6-14-22(15-18)21(26)16-23-13-5-4-10-20(23)25/h1-5,7-8,10,13,18H,6,9,11-12,14-16H2/t18-/m0/s1. The molecule has 26 heavy (non-hydrogen) atoms. The molecular weight excluding hydrogens is 328 g/mol. The molecule has 1 fully saturated rings. The number of aryl methyl sites for hydroxylation is 1. The minimum atomic E-state index is -0.187. The number of hydrogen-bond donors (Lipinski definition) is 0. The molecule has 0 unspecified atom stereocenters. The first-order valence-corrected chi connectivity index (χ1v) is 9.13. The lowest BCUT2D eigenvalue weighted by molar-refractivity contribution is -0.135. The van der Waals surface area contributed by atoms with Gasteiger partial charge in [-0.15, -0.1) is 0 Å². The van der Waals surface area contributed by atoms with E-state index in [1.54, 1.807) is 23.2 Å². The van der Waals surface area contributed by atoms with E-state index in [1.165, 1.54) is 10.6 Å². The summed E-state index contributed by atoms with van der Waals surface area (Å²) in [6, 6.07) is 14.8. The molecule has 5 heteroatoms. The first kappa shape index (κ1) is 18.1. The summed E-state index contributed by atoms with van der Waals surface area (Å²) in [5.41, 5.74) is 0.974. The third kappa shape index (κ3) is 4.69. The van der Waals surface area contributed by atoms with Crippen LogP contribution in [0.15, 0.2) is 59.5 Å². The fourth-order valence-electron chi connectivity index (χ4n) is 3.42. The van der Waals surface area contributed by atoms with Crippen LogP contribution in [0.5, 0.6) is 0 Å². The number of hydrogen-bond acceptors (Lipinski definition) is 3. The molecule has 3 rings (SSSR count). The number of pyridine rings is 1. The largest absolute Gasteiger partial charge is 0.340 e. The monoisotopic (exact) mass is 352 g/mol. The summed E-state index contributed by atoms with van der Waals surface area (Å²) >= 11 is 0. The highest BCUT2D eigenvalue weighted by Crippen LogP contribution is 2.20. The second-order valence-electron chi connectivity index (χ2n) is 6.80. The molecule has 1 amide bonds. The van der Waals surface area contributed by atoms with Gasteiger partial charge < -0.3 is 9.47 Å². The Hall–Kier alpha value is -2.69. The third-order valence-corrected chi connectivity index (χ3v) is 4.94. The maximum Gasteiger partial charge on any atom is 0.250 e. The van der Waals surface area contributed by atoms with E-state index in [0.29, 0.717) is 19.5 Å². The quantitative estimate of drug-likeness (QED) is 0.801. The Morgan fingerprint density at radius 1 is 1.04 bits per heavy atom. The SMILES string of the molecule is O=C(CCc1ccccc1)[C@H]1CCCN(C(=O)Cn2ccccc2=O)C1. The molecule has 1 saturated heterocycles. The molecule has 136 valence electrons. The first-order valence-electron chi connectivity index (χ1n) is 9.13. The van der Waals surface area contributed by atoms with Crippen LogP contribution in [-0.2, 0) is 22.6 Å². The van der Waals surface area contributed by atoms with Crippen LogP contribution in [0.1, 0.15) is 24.8 Å². The Kier molecular flexibility index (Phi) is 6.00. The zero-order valence-electron chi connectivity index (χ0n) is 14.8. The van der Waals surface area contributed by atoms with Crippen molar-refractivity contribution in [1.82, 2.24) is 9.47 Å². The fraction of sp³-hybridized carbons (Fsp3) is 0.381. The van der Waals surface area contributed by atoms with Gasteiger partial charge in [0.05, 0.1) is 0 Å². The minimum Gasteiger partial charge on any atom is -0.340 e. The highest BCUT2D eigenvalue weighted by Gasteiger charge is 2.28. The number of ketones is 1. The van der Waals surface area contributed by atoms with Gasteiger partial charge in [-0.1, -0.05) is 36.4 Å². The molecular formula is C21H24N2O3. The van der Waals surface area contributed by atoms with E-state index in [0.717, 1.165) is 24.8 Å². The van der Waals surface area contributed by atoms with Crippen molar-refractivity contribution in [3.63, 3.8) is 0 Å². The number of nitrogens with zero attached hydrogens (tertiary/aromatic N) is 2. The van der Waals surface area contributed by atoms with Crippen molar-refractivity contribution in [2.45, 2.75) is 32.2 Å². The van der Waals surface area contributed by atoms with Crippen molar-refractivity contribution in [3.05, 3.63) is 70.6 Å². The maximum atomic E-state index is 12.6. The Balaban J connectivity index is 1.54. The number of carbonyl (C=O) groups is 2. The number of carbonyl (C=O) groups excluding carboxylic acids is 2. The number of likely N-dealkylation sites (tertiary alicyclic amines) is 1. The molecule has 2 aromatic rings. The highest BCUT2D eigenvalue weighted by molar-refractivity contribution is 5.83. The second kappa shape index (κ2) is 8.61. The van der Waals surface area contributed by atoms with Gasteiger partial charge in [-0.2, -0.15) is 0 Å². The number of piperidine rings is 1. The first-order chi connectivity index (χ1) is 12.6. The van der Waals surface area contributed by atoms with Crippen molar-refractivity contribution >= 4 is 11.7 Å². The van der Waals surface area contributed by atoms with Crippen molar-refractivity contribution in [3.8, 4) is 0 Å². The fourth-order valence-corrected chi connectivity index (χ4v) is 3.42. The Labute approximate surface area is 153 Å². The van der Waals surface area contributed by atoms with Crippen LogP contribution in [0.2, 0.25) is 0 Å². The van der Waals surface area contributed by atoms with Crippen molar-refractivity contribution in [2.24, 2.45) is 5.92 Å². The molecule has 1 atom stereocenters. The van der Waals surface area contributed by atoms with Crippen LogP contribution in [0.3, 0.4) is 0 Å². The Morgan fingerprint density at radius 2 is 1.81 bits per heavy atom. The van der Waals surface area contributed by atoms with Crippen LogP contribution in [-0.4, -0.2) is 34.2 Å². The van der Waals surface area contributed by atoms with Crippen LogP contribution in [0, 0.1) is 5.92 Å². The molecule has 0 N–H and O–H groups in total. The van der Waals surface area contributed by atoms with Gasteiger partial charge in [-0.05, 0) is 30.9 Å². The van der Waals surface area contributed by atoms with E-state index in [2.05, 4.69) is 0 Å². The summed E-state index contributed by atoms with van der Waals surface area (Å²) in [5.74, 6) is 0.0333. The van der Waals surface area contributed by atoms with Gasteiger partial charge in [0, 0.05) is 37.7 Å². The van der Waals surface area contributed by atoms with Crippen LogP contribution < -0.4 is 5.56 Å². The predicted molar refractivity (Wildman–Crippen MR) is 99.8 cm³/mol. The lowest BCUT2D eigenvalue weighted by Crippen LogP contribution is -2.44. The molecule has 0 radical (unpaired) electrons. The zero-order chi connectivity index (χ0) is 18.4. The van der Waals surface area contributed by atoms with Crippen LogP contribution >= 0.6 is 0 Å². The lowest BCUT2D eigenvalue weighted by atomic mass is 9.90. The maximum absolute atomic E-state index is 12.6. The summed E-state index contributed by atoms with van der Waals surface area (Å²) < 4.78 is 1.41. The van der Waals surface area contributed by atoms with Gasteiger partial charge in [-0.3, -0.25) is 14.4 Å². The van der Waals surface area contributed by atoms with E-state index >= 15 is 0 Å². The van der Waals surface area contributed by atoms with Crippen molar-refractivity contribution in [2.75, 3.05) is 13.1 Å². The molecule has 1 aromatic heterocycles. The van der Waals surface area contributed by atoms with Gasteiger partial charge in [0.1, 0.15) is 12.3 Å². The minimum absolute atomic E-state index is 0.0323. The summed E-state index contributed by atoms with van der Waals surface area (Å²) in [6.07, 6.45) is 4.53. The number of aromatic nitrogens is 1. The van der Waals surface area contributed by atoms with E-state index < -0.39 is 0 Å². The van der Waals surface area contributed by atoms with E-state index in [9.17, 15) is 14.4 Å². The van der Waals surface area contributed by atoms with Crippen molar-refractivity contribution in [1.29, 1.82) is 0 Å².